The van der Waals surface area contributed by atoms with Gasteiger partial charge in [-0.1, -0.05) is 0 Å². The van der Waals surface area contributed by atoms with Crippen molar-refractivity contribution in [3.05, 3.63) is 18.2 Å². The summed E-state index contributed by atoms with van der Waals surface area (Å²) < 4.78 is 31.5. The number of sulfonamides is 1. The zero-order chi connectivity index (χ0) is 16.0. The van der Waals surface area contributed by atoms with Crippen LogP contribution in [0.2, 0.25) is 0 Å². The number of methoxy groups -OCH3 is 1. The van der Waals surface area contributed by atoms with Gasteiger partial charge in [0.2, 0.25) is 15.9 Å². The maximum Gasteiger partial charge on any atom is 0.241 e. The fourth-order valence-corrected chi connectivity index (χ4v) is 2.78. The van der Waals surface area contributed by atoms with Gasteiger partial charge < -0.3 is 15.4 Å². The SMILES string of the molecule is CCN(CC)C(=O)CNS(=O)(=O)c1ccc(N)c(OC)c1. The van der Waals surface area contributed by atoms with Crippen LogP contribution < -0.4 is 15.2 Å². The van der Waals surface area contributed by atoms with E-state index in [0.29, 0.717) is 18.8 Å². The number of hydrogen-bond donors (Lipinski definition) is 2. The zero-order valence-corrected chi connectivity index (χ0v) is 13.2. The van der Waals surface area contributed by atoms with Crippen molar-refractivity contribution >= 4 is 21.6 Å². The number of amides is 1. The number of rotatable bonds is 7. The van der Waals surface area contributed by atoms with E-state index in [1.165, 1.54) is 25.3 Å². The second-order valence-electron chi connectivity index (χ2n) is 4.29. The molecule has 0 aliphatic rings. The number of likely N-dealkylation sites (N-methyl/N-ethyl adjacent to an activating group) is 1. The number of nitrogens with zero attached hydrogens (tertiary/aromatic N) is 1. The van der Waals surface area contributed by atoms with Crippen LogP contribution in [0.1, 0.15) is 13.8 Å². The fourth-order valence-electron chi connectivity index (χ4n) is 1.79. The summed E-state index contributed by atoms with van der Waals surface area (Å²) in [4.78, 5) is 13.4. The predicted octanol–water partition coefficient (Wildman–Crippen LogP) is 0.424. The van der Waals surface area contributed by atoms with Crippen LogP contribution in [0.25, 0.3) is 0 Å². The maximum atomic E-state index is 12.1. The van der Waals surface area contributed by atoms with Crippen LogP contribution in [0.5, 0.6) is 5.75 Å². The van der Waals surface area contributed by atoms with Gasteiger partial charge in [-0.15, -0.1) is 0 Å². The van der Waals surface area contributed by atoms with Crippen molar-refractivity contribution in [2.45, 2.75) is 18.7 Å². The number of hydrogen-bond acceptors (Lipinski definition) is 5. The van der Waals surface area contributed by atoms with E-state index in [1.807, 2.05) is 13.8 Å². The van der Waals surface area contributed by atoms with Crippen LogP contribution in [0.4, 0.5) is 5.69 Å². The smallest absolute Gasteiger partial charge is 0.241 e. The minimum Gasteiger partial charge on any atom is -0.495 e. The van der Waals surface area contributed by atoms with Gasteiger partial charge in [-0.2, -0.15) is 0 Å². The van der Waals surface area contributed by atoms with Crippen molar-refractivity contribution in [2.75, 3.05) is 32.5 Å². The maximum absolute atomic E-state index is 12.1. The van der Waals surface area contributed by atoms with Gasteiger partial charge in [-0.25, -0.2) is 13.1 Å². The van der Waals surface area contributed by atoms with Crippen LogP contribution in [0.3, 0.4) is 0 Å². The van der Waals surface area contributed by atoms with Crippen molar-refractivity contribution in [1.29, 1.82) is 0 Å². The summed E-state index contributed by atoms with van der Waals surface area (Å²) in [5, 5.41) is 0. The van der Waals surface area contributed by atoms with Gasteiger partial charge in [0.15, 0.2) is 0 Å². The van der Waals surface area contributed by atoms with E-state index in [4.69, 9.17) is 10.5 Å². The summed E-state index contributed by atoms with van der Waals surface area (Å²) in [6.07, 6.45) is 0. The first-order valence-electron chi connectivity index (χ1n) is 6.56. The van der Waals surface area contributed by atoms with E-state index >= 15 is 0 Å². The highest BCUT2D eigenvalue weighted by molar-refractivity contribution is 7.89. The summed E-state index contributed by atoms with van der Waals surface area (Å²) in [6, 6.07) is 4.13. The molecule has 0 aliphatic heterocycles. The molecule has 0 fully saturated rings. The number of carbonyl (C=O) groups is 1. The average molecular weight is 315 g/mol. The Morgan fingerprint density at radius 3 is 2.48 bits per heavy atom. The quantitative estimate of drug-likeness (QED) is 0.710. The highest BCUT2D eigenvalue weighted by Gasteiger charge is 2.18. The van der Waals surface area contributed by atoms with Crippen LogP contribution in [-0.2, 0) is 14.8 Å². The minimum atomic E-state index is -3.79. The Morgan fingerprint density at radius 1 is 1.33 bits per heavy atom. The van der Waals surface area contributed by atoms with Crippen LogP contribution in [0.15, 0.2) is 23.1 Å². The van der Waals surface area contributed by atoms with Gasteiger partial charge in [0, 0.05) is 19.2 Å². The van der Waals surface area contributed by atoms with Crippen molar-refractivity contribution in [3.63, 3.8) is 0 Å². The number of ether oxygens (including phenoxy) is 1. The van der Waals surface area contributed by atoms with Gasteiger partial charge in [0.25, 0.3) is 0 Å². The number of nitrogen functional groups attached to an aromatic ring is 1. The molecule has 0 aromatic heterocycles. The highest BCUT2D eigenvalue weighted by atomic mass is 32.2. The third-order valence-electron chi connectivity index (χ3n) is 3.04. The lowest BCUT2D eigenvalue weighted by Crippen LogP contribution is -2.39. The lowest BCUT2D eigenvalue weighted by atomic mass is 10.3. The molecule has 0 aliphatic carbocycles. The molecule has 3 N–H and O–H groups in total. The molecule has 0 radical (unpaired) electrons. The second-order valence-corrected chi connectivity index (χ2v) is 6.06. The number of nitrogens with one attached hydrogen (secondary N) is 1. The van der Waals surface area contributed by atoms with Gasteiger partial charge in [0.1, 0.15) is 5.75 Å². The van der Waals surface area contributed by atoms with Gasteiger partial charge in [-0.05, 0) is 26.0 Å². The van der Waals surface area contributed by atoms with Crippen molar-refractivity contribution in [3.8, 4) is 5.75 Å². The normalized spacial score (nSPS) is 11.2. The molecule has 1 amide bonds. The molecule has 1 rings (SSSR count). The largest absolute Gasteiger partial charge is 0.495 e. The van der Waals surface area contributed by atoms with E-state index in [0.717, 1.165) is 0 Å². The first-order chi connectivity index (χ1) is 9.85. The van der Waals surface area contributed by atoms with Crippen molar-refractivity contribution in [2.24, 2.45) is 0 Å². The Morgan fingerprint density at radius 2 is 1.95 bits per heavy atom. The highest BCUT2D eigenvalue weighted by Crippen LogP contribution is 2.24. The third kappa shape index (κ3) is 4.33. The molecular formula is C13H21N3O4S. The molecule has 0 bridgehead atoms. The monoisotopic (exact) mass is 315 g/mol. The van der Waals surface area contributed by atoms with Crippen molar-refractivity contribution < 1.29 is 17.9 Å². The molecule has 0 saturated carbocycles. The van der Waals surface area contributed by atoms with Gasteiger partial charge in [0.05, 0.1) is 24.2 Å². The predicted molar refractivity (Wildman–Crippen MR) is 80.5 cm³/mol. The van der Waals surface area contributed by atoms with E-state index in [-0.39, 0.29) is 23.1 Å². The summed E-state index contributed by atoms with van der Waals surface area (Å²) in [5.74, 6) is -0.000991. The second kappa shape index (κ2) is 7.28. The van der Waals surface area contributed by atoms with Crippen LogP contribution >= 0.6 is 0 Å². The molecule has 8 heteroatoms. The molecule has 0 spiro atoms. The number of carbonyl (C=O) groups excluding carboxylic acids is 1. The lowest BCUT2D eigenvalue weighted by molar-refractivity contribution is -0.129. The van der Waals surface area contributed by atoms with Crippen molar-refractivity contribution in [1.82, 2.24) is 9.62 Å². The van der Waals surface area contributed by atoms with E-state index in [2.05, 4.69) is 4.72 Å². The minimum absolute atomic E-state index is 0.000830. The Hall–Kier alpha value is -1.80. The summed E-state index contributed by atoms with van der Waals surface area (Å²) in [5.41, 5.74) is 5.98. The van der Waals surface area contributed by atoms with E-state index in [9.17, 15) is 13.2 Å². The Balaban J connectivity index is 2.85. The number of anilines is 1. The molecule has 7 nitrogen and oxygen atoms in total. The molecule has 118 valence electrons. The van der Waals surface area contributed by atoms with Crippen LogP contribution in [0, 0.1) is 0 Å². The molecule has 0 saturated heterocycles. The summed E-state index contributed by atoms with van der Waals surface area (Å²) >= 11 is 0. The average Bonchev–Trinajstić information content (AvgIpc) is 2.46. The van der Waals surface area contributed by atoms with E-state index in [1.54, 1.807) is 4.90 Å². The first kappa shape index (κ1) is 17.3. The molecule has 0 atom stereocenters. The standard InChI is InChI=1S/C13H21N3O4S/c1-4-16(5-2)13(17)9-15-21(18,19)10-6-7-11(14)12(8-10)20-3/h6-8,15H,4-5,9,14H2,1-3H3. The number of nitrogens with two attached hydrogens (primary N) is 1. The topological polar surface area (TPSA) is 102 Å². The molecule has 0 unspecified atom stereocenters. The van der Waals surface area contributed by atoms with Gasteiger partial charge >= 0.3 is 0 Å². The Labute approximate surface area is 125 Å². The fraction of sp³-hybridized carbons (Fsp3) is 0.462. The van der Waals surface area contributed by atoms with E-state index < -0.39 is 10.0 Å². The molecular weight excluding hydrogens is 294 g/mol. The summed E-state index contributed by atoms with van der Waals surface area (Å²) in [6.45, 7) is 4.46. The molecule has 1 aromatic rings. The van der Waals surface area contributed by atoms with Crippen LogP contribution in [-0.4, -0.2) is 46.0 Å². The zero-order valence-electron chi connectivity index (χ0n) is 12.4. The Kier molecular flexibility index (Phi) is 5.98. The molecule has 1 aromatic carbocycles. The third-order valence-corrected chi connectivity index (χ3v) is 4.44. The van der Waals surface area contributed by atoms with Gasteiger partial charge in [-0.3, -0.25) is 4.79 Å². The number of benzene rings is 1. The summed E-state index contributed by atoms with van der Waals surface area (Å²) in [7, 11) is -2.39. The first-order valence-corrected chi connectivity index (χ1v) is 8.05. The lowest BCUT2D eigenvalue weighted by Gasteiger charge is -2.18. The molecule has 21 heavy (non-hydrogen) atoms. The Bertz CT molecular complexity index is 597. The molecule has 0 heterocycles.